The van der Waals surface area contributed by atoms with Gasteiger partial charge in [-0.05, 0) is 27.8 Å². The SMILES string of the molecule is Cc1cc2nc(N3CCN(C)CC3)nc(NCCS(=O)(=O)NC(C)C)n2n1. The van der Waals surface area contributed by atoms with Crippen LogP contribution in [0.25, 0.3) is 5.65 Å². The van der Waals surface area contributed by atoms with Crippen LogP contribution in [0.3, 0.4) is 0 Å². The lowest BCUT2D eigenvalue weighted by molar-refractivity contribution is 0.311. The average Bonchev–Trinajstić information content (AvgIpc) is 2.94. The van der Waals surface area contributed by atoms with Crippen LogP contribution < -0.4 is 14.9 Å². The summed E-state index contributed by atoms with van der Waals surface area (Å²) in [4.78, 5) is 13.7. The smallest absolute Gasteiger partial charge is 0.230 e. The molecule has 10 nitrogen and oxygen atoms in total. The molecular formula is C16H28N8O2S. The van der Waals surface area contributed by atoms with E-state index in [0.717, 1.165) is 31.9 Å². The van der Waals surface area contributed by atoms with Gasteiger partial charge in [-0.2, -0.15) is 19.6 Å². The van der Waals surface area contributed by atoms with E-state index < -0.39 is 10.0 Å². The highest BCUT2D eigenvalue weighted by Crippen LogP contribution is 2.17. The molecule has 1 fully saturated rings. The Morgan fingerprint density at radius 2 is 1.89 bits per heavy atom. The van der Waals surface area contributed by atoms with E-state index in [0.29, 0.717) is 17.5 Å². The highest BCUT2D eigenvalue weighted by molar-refractivity contribution is 7.89. The molecule has 0 aromatic carbocycles. The molecule has 0 unspecified atom stereocenters. The van der Waals surface area contributed by atoms with Gasteiger partial charge in [-0.15, -0.1) is 0 Å². The van der Waals surface area contributed by atoms with Gasteiger partial charge in [0.25, 0.3) is 0 Å². The minimum atomic E-state index is -3.34. The van der Waals surface area contributed by atoms with Gasteiger partial charge < -0.3 is 15.1 Å². The van der Waals surface area contributed by atoms with Gasteiger partial charge in [0.2, 0.25) is 21.9 Å². The van der Waals surface area contributed by atoms with Crippen LogP contribution in [0.2, 0.25) is 0 Å². The van der Waals surface area contributed by atoms with Gasteiger partial charge in [0.1, 0.15) is 0 Å². The lowest BCUT2D eigenvalue weighted by Crippen LogP contribution is -2.45. The second-order valence-electron chi connectivity index (χ2n) is 7.21. The number of hydrogen-bond acceptors (Lipinski definition) is 8. The summed E-state index contributed by atoms with van der Waals surface area (Å²) < 4.78 is 28.2. The van der Waals surface area contributed by atoms with Crippen molar-refractivity contribution in [2.45, 2.75) is 26.8 Å². The van der Waals surface area contributed by atoms with E-state index in [1.165, 1.54) is 0 Å². The minimum Gasteiger partial charge on any atom is -0.353 e. The van der Waals surface area contributed by atoms with Gasteiger partial charge in [-0.3, -0.25) is 0 Å². The molecule has 1 saturated heterocycles. The van der Waals surface area contributed by atoms with E-state index in [9.17, 15) is 8.42 Å². The van der Waals surface area contributed by atoms with Gasteiger partial charge in [-0.25, -0.2) is 13.1 Å². The Labute approximate surface area is 160 Å². The van der Waals surface area contributed by atoms with Crippen molar-refractivity contribution in [3.63, 3.8) is 0 Å². The van der Waals surface area contributed by atoms with Crippen molar-refractivity contribution in [1.29, 1.82) is 0 Å². The second kappa shape index (κ2) is 7.95. The number of piperazine rings is 1. The number of nitrogens with one attached hydrogen (secondary N) is 2. The van der Waals surface area contributed by atoms with E-state index in [4.69, 9.17) is 0 Å². The molecule has 0 saturated carbocycles. The van der Waals surface area contributed by atoms with Crippen LogP contribution in [0.15, 0.2) is 6.07 Å². The molecular weight excluding hydrogens is 368 g/mol. The fourth-order valence-electron chi connectivity index (χ4n) is 2.97. The Bertz CT molecular complexity index is 887. The molecule has 0 radical (unpaired) electrons. The maximum absolute atomic E-state index is 12.0. The molecule has 1 aliphatic heterocycles. The van der Waals surface area contributed by atoms with E-state index in [2.05, 4.69) is 42.0 Å². The van der Waals surface area contributed by atoms with E-state index >= 15 is 0 Å². The first-order valence-corrected chi connectivity index (χ1v) is 10.8. The number of anilines is 2. The molecule has 2 N–H and O–H groups in total. The summed E-state index contributed by atoms with van der Waals surface area (Å²) in [7, 11) is -1.24. The highest BCUT2D eigenvalue weighted by atomic mass is 32.2. The molecule has 0 aliphatic carbocycles. The van der Waals surface area contributed by atoms with Gasteiger partial charge in [0, 0.05) is 44.8 Å². The Balaban J connectivity index is 1.79. The monoisotopic (exact) mass is 396 g/mol. The third-order valence-electron chi connectivity index (χ3n) is 4.29. The van der Waals surface area contributed by atoms with Gasteiger partial charge in [0.05, 0.1) is 11.4 Å². The molecule has 27 heavy (non-hydrogen) atoms. The standard InChI is InChI=1S/C16H28N8O2S/c1-12(2)21-27(25,26)10-5-17-15-19-16(23-8-6-22(4)7-9-23)18-14-11-13(3)20-24(14)15/h11-12,21H,5-10H2,1-4H3,(H,17,18,19). The summed E-state index contributed by atoms with van der Waals surface area (Å²) in [5, 5.41) is 7.52. The fourth-order valence-corrected chi connectivity index (χ4v) is 4.18. The molecule has 0 bridgehead atoms. The van der Waals surface area contributed by atoms with E-state index in [1.54, 1.807) is 18.4 Å². The average molecular weight is 397 g/mol. The van der Waals surface area contributed by atoms with Crippen LogP contribution in [0, 0.1) is 6.92 Å². The third kappa shape index (κ3) is 5.05. The number of rotatable bonds is 7. The van der Waals surface area contributed by atoms with Crippen molar-refractivity contribution in [2.75, 3.05) is 55.7 Å². The Morgan fingerprint density at radius 1 is 1.19 bits per heavy atom. The van der Waals surface area contributed by atoms with E-state index in [-0.39, 0.29) is 18.3 Å². The number of nitrogens with zero attached hydrogens (tertiary/aromatic N) is 6. The predicted octanol–water partition coefficient (Wildman–Crippen LogP) is -0.0758. The van der Waals surface area contributed by atoms with Crippen molar-refractivity contribution >= 4 is 27.6 Å². The summed E-state index contributed by atoms with van der Waals surface area (Å²) in [6.45, 7) is 9.34. The fraction of sp³-hybridized carbons (Fsp3) is 0.688. The normalized spacial score (nSPS) is 16.4. The molecule has 2 aromatic rings. The third-order valence-corrected chi connectivity index (χ3v) is 5.86. The zero-order valence-electron chi connectivity index (χ0n) is 16.3. The number of sulfonamides is 1. The Morgan fingerprint density at radius 3 is 2.56 bits per heavy atom. The topological polar surface area (TPSA) is 108 Å². The van der Waals surface area contributed by atoms with Crippen LogP contribution in [0.1, 0.15) is 19.5 Å². The molecule has 0 amide bonds. The number of hydrogen-bond donors (Lipinski definition) is 2. The van der Waals surface area contributed by atoms with Crippen molar-refractivity contribution in [3.05, 3.63) is 11.8 Å². The molecule has 0 atom stereocenters. The molecule has 2 aromatic heterocycles. The van der Waals surface area contributed by atoms with Crippen LogP contribution in [-0.2, 0) is 10.0 Å². The van der Waals surface area contributed by atoms with Crippen LogP contribution in [0.4, 0.5) is 11.9 Å². The van der Waals surface area contributed by atoms with Crippen LogP contribution >= 0.6 is 0 Å². The quantitative estimate of drug-likeness (QED) is 0.669. The molecule has 3 heterocycles. The predicted molar refractivity (Wildman–Crippen MR) is 106 cm³/mol. The first-order valence-electron chi connectivity index (χ1n) is 9.15. The van der Waals surface area contributed by atoms with Crippen LogP contribution in [-0.4, -0.2) is 84.5 Å². The summed E-state index contributed by atoms with van der Waals surface area (Å²) in [5.41, 5.74) is 1.53. The van der Waals surface area contributed by atoms with Gasteiger partial charge >= 0.3 is 0 Å². The molecule has 1 aliphatic rings. The number of aromatic nitrogens is 4. The van der Waals surface area contributed by atoms with Gasteiger partial charge in [0.15, 0.2) is 5.65 Å². The van der Waals surface area contributed by atoms with Crippen molar-refractivity contribution < 1.29 is 8.42 Å². The summed E-state index contributed by atoms with van der Waals surface area (Å²) in [6.07, 6.45) is 0. The largest absolute Gasteiger partial charge is 0.353 e. The number of likely N-dealkylation sites (N-methyl/N-ethyl adjacent to an activating group) is 1. The number of aryl methyl sites for hydroxylation is 1. The molecule has 150 valence electrons. The van der Waals surface area contributed by atoms with Crippen molar-refractivity contribution in [3.8, 4) is 0 Å². The maximum Gasteiger partial charge on any atom is 0.230 e. The minimum absolute atomic E-state index is 0.0409. The zero-order valence-corrected chi connectivity index (χ0v) is 17.1. The molecule has 0 spiro atoms. The lowest BCUT2D eigenvalue weighted by Gasteiger charge is -2.32. The van der Waals surface area contributed by atoms with E-state index in [1.807, 2.05) is 13.0 Å². The molecule has 3 rings (SSSR count). The summed E-state index contributed by atoms with van der Waals surface area (Å²) >= 11 is 0. The van der Waals surface area contributed by atoms with Gasteiger partial charge in [-0.1, -0.05) is 0 Å². The Hall–Kier alpha value is -1.98. The zero-order chi connectivity index (χ0) is 19.6. The first kappa shape index (κ1) is 19.8. The first-order chi connectivity index (χ1) is 12.7. The Kier molecular flexibility index (Phi) is 5.82. The summed E-state index contributed by atoms with van der Waals surface area (Å²) in [6, 6.07) is 1.77. The second-order valence-corrected chi connectivity index (χ2v) is 9.08. The van der Waals surface area contributed by atoms with Crippen LogP contribution in [0.5, 0.6) is 0 Å². The lowest BCUT2D eigenvalue weighted by atomic mass is 10.3. The van der Waals surface area contributed by atoms with Crippen molar-refractivity contribution in [2.24, 2.45) is 0 Å². The maximum atomic E-state index is 12.0. The molecule has 11 heteroatoms. The number of fused-ring (bicyclic) bond motifs is 1. The van der Waals surface area contributed by atoms with Crippen molar-refractivity contribution in [1.82, 2.24) is 29.2 Å². The highest BCUT2D eigenvalue weighted by Gasteiger charge is 2.19. The summed E-state index contributed by atoms with van der Waals surface area (Å²) in [5.74, 6) is 1.10.